The Morgan fingerprint density at radius 3 is 2.30 bits per heavy atom. The topological polar surface area (TPSA) is 35.2 Å². The van der Waals surface area contributed by atoms with Crippen LogP contribution in [0.4, 0.5) is 0 Å². The molecule has 2 heteroatoms. The van der Waals surface area contributed by atoms with Gasteiger partial charge in [0, 0.05) is 11.4 Å². The van der Waals surface area contributed by atoms with Crippen LogP contribution < -0.4 is 10.5 Å². The number of benzene rings is 3. The maximum atomic E-state index is 5.99. The lowest BCUT2D eigenvalue weighted by Gasteiger charge is -2.10. The molecule has 100 valence electrons. The van der Waals surface area contributed by atoms with Crippen LogP contribution in [0.2, 0.25) is 0 Å². The van der Waals surface area contributed by atoms with E-state index in [1.165, 1.54) is 5.39 Å². The molecule has 0 heterocycles. The maximum absolute atomic E-state index is 5.99. The van der Waals surface area contributed by atoms with E-state index in [1.807, 2.05) is 55.5 Å². The first kappa shape index (κ1) is 12.7. The van der Waals surface area contributed by atoms with E-state index in [9.17, 15) is 0 Å². The molecule has 0 saturated heterocycles. The van der Waals surface area contributed by atoms with Gasteiger partial charge >= 0.3 is 0 Å². The molecule has 0 aliphatic carbocycles. The zero-order chi connectivity index (χ0) is 13.9. The summed E-state index contributed by atoms with van der Waals surface area (Å²) in [6.07, 6.45) is 0. The quantitative estimate of drug-likeness (QED) is 0.746. The lowest BCUT2D eigenvalue weighted by atomic mass is 10.1. The molecule has 0 aliphatic heterocycles. The average molecular weight is 263 g/mol. The molecule has 3 aromatic rings. The minimum atomic E-state index is 0.0432. The number of nitrogens with two attached hydrogens (primary N) is 1. The summed E-state index contributed by atoms with van der Waals surface area (Å²) in [5.74, 6) is 1.70. The smallest absolute Gasteiger partial charge is 0.135 e. The van der Waals surface area contributed by atoms with Crippen molar-refractivity contribution in [1.29, 1.82) is 0 Å². The van der Waals surface area contributed by atoms with Crippen LogP contribution in [0.5, 0.6) is 11.5 Å². The van der Waals surface area contributed by atoms with Crippen LogP contribution in [0.25, 0.3) is 10.8 Å². The Morgan fingerprint density at radius 1 is 0.850 bits per heavy atom. The van der Waals surface area contributed by atoms with Crippen molar-refractivity contribution in [2.24, 2.45) is 5.73 Å². The summed E-state index contributed by atoms with van der Waals surface area (Å²) >= 11 is 0. The summed E-state index contributed by atoms with van der Waals surface area (Å²) < 4.78 is 5.99. The normalized spacial score (nSPS) is 12.3. The third-order valence-corrected chi connectivity index (χ3v) is 3.38. The summed E-state index contributed by atoms with van der Waals surface area (Å²) in [5.41, 5.74) is 6.96. The molecule has 0 unspecified atom stereocenters. The number of hydrogen-bond acceptors (Lipinski definition) is 2. The minimum absolute atomic E-state index is 0.0432. The largest absolute Gasteiger partial charge is 0.457 e. The van der Waals surface area contributed by atoms with Gasteiger partial charge in [0.2, 0.25) is 0 Å². The van der Waals surface area contributed by atoms with Crippen LogP contribution in [0.1, 0.15) is 18.5 Å². The Kier molecular flexibility index (Phi) is 3.40. The van der Waals surface area contributed by atoms with Gasteiger partial charge in [0.25, 0.3) is 0 Å². The molecule has 0 fully saturated rings. The van der Waals surface area contributed by atoms with E-state index in [2.05, 4.69) is 18.2 Å². The molecular formula is C18H17NO. The lowest BCUT2D eigenvalue weighted by Crippen LogP contribution is -2.04. The first-order chi connectivity index (χ1) is 9.74. The minimum Gasteiger partial charge on any atom is -0.457 e. The fraction of sp³-hybridized carbons (Fsp3) is 0.111. The Morgan fingerprint density at radius 2 is 1.55 bits per heavy atom. The highest BCUT2D eigenvalue weighted by Crippen LogP contribution is 2.30. The first-order valence-corrected chi connectivity index (χ1v) is 6.75. The molecule has 0 bridgehead atoms. The Hall–Kier alpha value is -2.32. The van der Waals surface area contributed by atoms with Gasteiger partial charge in [-0.25, -0.2) is 0 Å². The Labute approximate surface area is 118 Å². The fourth-order valence-electron chi connectivity index (χ4n) is 2.25. The van der Waals surface area contributed by atoms with Crippen molar-refractivity contribution in [2.75, 3.05) is 0 Å². The van der Waals surface area contributed by atoms with E-state index in [0.717, 1.165) is 22.4 Å². The molecule has 0 aliphatic rings. The summed E-state index contributed by atoms with van der Waals surface area (Å²) in [6.45, 7) is 1.97. The summed E-state index contributed by atoms with van der Waals surface area (Å²) in [4.78, 5) is 0. The van der Waals surface area contributed by atoms with E-state index in [0.29, 0.717) is 0 Å². The Balaban J connectivity index is 1.93. The predicted octanol–water partition coefficient (Wildman–Crippen LogP) is 4.65. The van der Waals surface area contributed by atoms with Crippen LogP contribution in [-0.4, -0.2) is 0 Å². The maximum Gasteiger partial charge on any atom is 0.135 e. The molecule has 0 aromatic heterocycles. The Bertz CT molecular complexity index is 712. The van der Waals surface area contributed by atoms with Gasteiger partial charge in [-0.05, 0) is 36.1 Å². The van der Waals surface area contributed by atoms with E-state index >= 15 is 0 Å². The molecule has 2 N–H and O–H groups in total. The molecule has 3 aromatic carbocycles. The molecule has 0 radical (unpaired) electrons. The van der Waals surface area contributed by atoms with Crippen LogP contribution in [0, 0.1) is 0 Å². The van der Waals surface area contributed by atoms with Gasteiger partial charge in [-0.1, -0.05) is 48.5 Å². The molecule has 3 rings (SSSR count). The summed E-state index contributed by atoms with van der Waals surface area (Å²) in [5, 5.41) is 2.29. The van der Waals surface area contributed by atoms with Crippen molar-refractivity contribution in [3.63, 3.8) is 0 Å². The SMILES string of the molecule is C[C@H](N)c1ccc(Oc2cccc3ccccc23)cc1. The third kappa shape index (κ3) is 2.51. The van der Waals surface area contributed by atoms with Crippen LogP contribution in [0.15, 0.2) is 66.7 Å². The molecule has 20 heavy (non-hydrogen) atoms. The van der Waals surface area contributed by atoms with Gasteiger partial charge in [-0.2, -0.15) is 0 Å². The monoisotopic (exact) mass is 263 g/mol. The average Bonchev–Trinajstić information content (AvgIpc) is 2.48. The van der Waals surface area contributed by atoms with Gasteiger partial charge < -0.3 is 10.5 Å². The molecule has 0 saturated carbocycles. The molecular weight excluding hydrogens is 246 g/mol. The predicted molar refractivity (Wildman–Crippen MR) is 83.1 cm³/mol. The van der Waals surface area contributed by atoms with Gasteiger partial charge in [0.15, 0.2) is 0 Å². The standard InChI is InChI=1S/C18H17NO/c1-13(19)14-9-11-16(12-10-14)20-18-8-4-6-15-5-2-3-7-17(15)18/h2-13H,19H2,1H3/t13-/m0/s1. The van der Waals surface area contributed by atoms with Crippen molar-refractivity contribution in [3.8, 4) is 11.5 Å². The van der Waals surface area contributed by atoms with Gasteiger partial charge in [-0.3, -0.25) is 0 Å². The zero-order valence-electron chi connectivity index (χ0n) is 11.4. The summed E-state index contributed by atoms with van der Waals surface area (Å²) in [6, 6.07) is 22.3. The van der Waals surface area contributed by atoms with Crippen molar-refractivity contribution < 1.29 is 4.74 Å². The van der Waals surface area contributed by atoms with Gasteiger partial charge in [0.1, 0.15) is 11.5 Å². The van der Waals surface area contributed by atoms with Crippen molar-refractivity contribution in [3.05, 3.63) is 72.3 Å². The highest BCUT2D eigenvalue weighted by atomic mass is 16.5. The second-order valence-electron chi connectivity index (χ2n) is 4.94. The first-order valence-electron chi connectivity index (χ1n) is 6.75. The van der Waals surface area contributed by atoms with Crippen LogP contribution in [-0.2, 0) is 0 Å². The second-order valence-corrected chi connectivity index (χ2v) is 4.94. The number of rotatable bonds is 3. The van der Waals surface area contributed by atoms with E-state index < -0.39 is 0 Å². The molecule has 0 spiro atoms. The number of ether oxygens (including phenoxy) is 1. The van der Waals surface area contributed by atoms with Gasteiger partial charge in [-0.15, -0.1) is 0 Å². The fourth-order valence-corrected chi connectivity index (χ4v) is 2.25. The van der Waals surface area contributed by atoms with E-state index in [1.54, 1.807) is 0 Å². The molecule has 2 nitrogen and oxygen atoms in total. The summed E-state index contributed by atoms with van der Waals surface area (Å²) in [7, 11) is 0. The third-order valence-electron chi connectivity index (χ3n) is 3.38. The van der Waals surface area contributed by atoms with E-state index in [-0.39, 0.29) is 6.04 Å². The van der Waals surface area contributed by atoms with Crippen molar-refractivity contribution in [2.45, 2.75) is 13.0 Å². The highest BCUT2D eigenvalue weighted by molar-refractivity contribution is 5.88. The van der Waals surface area contributed by atoms with Crippen molar-refractivity contribution >= 4 is 10.8 Å². The highest BCUT2D eigenvalue weighted by Gasteiger charge is 2.04. The van der Waals surface area contributed by atoms with Crippen LogP contribution >= 0.6 is 0 Å². The molecule has 0 amide bonds. The van der Waals surface area contributed by atoms with Crippen LogP contribution in [0.3, 0.4) is 0 Å². The zero-order valence-corrected chi connectivity index (χ0v) is 11.4. The number of fused-ring (bicyclic) bond motifs is 1. The van der Waals surface area contributed by atoms with Gasteiger partial charge in [0.05, 0.1) is 0 Å². The lowest BCUT2D eigenvalue weighted by molar-refractivity contribution is 0.488. The number of hydrogen-bond donors (Lipinski definition) is 1. The van der Waals surface area contributed by atoms with Crippen molar-refractivity contribution in [1.82, 2.24) is 0 Å². The van der Waals surface area contributed by atoms with E-state index in [4.69, 9.17) is 10.5 Å². The second kappa shape index (κ2) is 5.35. The molecule has 1 atom stereocenters.